The molecule has 0 spiro atoms. The number of amides is 1. The van der Waals surface area contributed by atoms with E-state index >= 15 is 0 Å². The zero-order valence-corrected chi connectivity index (χ0v) is 17.0. The zero-order chi connectivity index (χ0) is 19.4. The molecule has 1 fully saturated rings. The Hall–Kier alpha value is -1.85. The molecule has 1 amide bonds. The number of rotatable bonds is 5. The fourth-order valence-corrected chi connectivity index (χ4v) is 5.36. The predicted molar refractivity (Wildman–Crippen MR) is 108 cm³/mol. The van der Waals surface area contributed by atoms with Crippen LogP contribution in [0, 0.1) is 6.92 Å². The van der Waals surface area contributed by atoms with Gasteiger partial charge in [0, 0.05) is 24.5 Å². The van der Waals surface area contributed by atoms with Gasteiger partial charge in [-0.05, 0) is 55.5 Å². The van der Waals surface area contributed by atoms with Gasteiger partial charge in [0.25, 0.3) is 0 Å². The summed E-state index contributed by atoms with van der Waals surface area (Å²) in [7, 11) is -3.33. The van der Waals surface area contributed by atoms with Crippen LogP contribution in [0.2, 0.25) is 5.02 Å². The van der Waals surface area contributed by atoms with Gasteiger partial charge in [-0.25, -0.2) is 8.42 Å². The van der Waals surface area contributed by atoms with Crippen molar-refractivity contribution in [2.75, 3.05) is 13.1 Å². The van der Waals surface area contributed by atoms with E-state index in [0.29, 0.717) is 43.7 Å². The molecule has 6 heteroatoms. The van der Waals surface area contributed by atoms with Crippen molar-refractivity contribution in [1.29, 1.82) is 0 Å². The number of hydrogen-bond acceptors (Lipinski definition) is 3. The van der Waals surface area contributed by atoms with Crippen molar-refractivity contribution in [3.05, 3.63) is 64.7 Å². The Labute approximate surface area is 166 Å². The highest BCUT2D eigenvalue weighted by atomic mass is 35.5. The molecular weight excluding hydrogens is 382 g/mol. The maximum atomic E-state index is 12.7. The van der Waals surface area contributed by atoms with Gasteiger partial charge in [-0.15, -0.1) is 0 Å². The number of carbonyl (C=O) groups excluding carboxylic acids is 1. The number of nitrogens with zero attached hydrogens (tertiary/aromatic N) is 1. The number of piperidine rings is 1. The van der Waals surface area contributed by atoms with Crippen molar-refractivity contribution in [1.82, 2.24) is 4.90 Å². The van der Waals surface area contributed by atoms with Crippen LogP contribution in [0.4, 0.5) is 0 Å². The van der Waals surface area contributed by atoms with Gasteiger partial charge in [0.15, 0.2) is 9.84 Å². The van der Waals surface area contributed by atoms with Crippen molar-refractivity contribution in [2.24, 2.45) is 0 Å². The maximum Gasteiger partial charge on any atom is 0.222 e. The van der Waals surface area contributed by atoms with Crippen LogP contribution < -0.4 is 0 Å². The fraction of sp³-hybridized carbons (Fsp3) is 0.381. The van der Waals surface area contributed by atoms with Crippen molar-refractivity contribution in [2.45, 2.75) is 42.8 Å². The quantitative estimate of drug-likeness (QED) is 0.754. The largest absolute Gasteiger partial charge is 0.343 e. The van der Waals surface area contributed by atoms with Crippen molar-refractivity contribution < 1.29 is 13.2 Å². The third-order valence-corrected chi connectivity index (χ3v) is 7.86. The number of halogens is 1. The molecule has 0 aromatic heterocycles. The number of likely N-dealkylation sites (tertiary alicyclic amines) is 1. The first kappa shape index (κ1) is 19.9. The lowest BCUT2D eigenvalue weighted by Gasteiger charge is -2.32. The summed E-state index contributed by atoms with van der Waals surface area (Å²) < 4.78 is 25.4. The topological polar surface area (TPSA) is 54.5 Å². The second kappa shape index (κ2) is 8.44. The second-order valence-corrected chi connectivity index (χ2v) is 9.66. The highest BCUT2D eigenvalue weighted by Crippen LogP contribution is 2.25. The van der Waals surface area contributed by atoms with Gasteiger partial charge in [-0.1, -0.05) is 41.9 Å². The van der Waals surface area contributed by atoms with Gasteiger partial charge in [0.2, 0.25) is 5.91 Å². The lowest BCUT2D eigenvalue weighted by Crippen LogP contribution is -2.42. The van der Waals surface area contributed by atoms with Crippen LogP contribution in [0.15, 0.2) is 53.4 Å². The van der Waals surface area contributed by atoms with E-state index in [2.05, 4.69) is 0 Å². The first-order valence-corrected chi connectivity index (χ1v) is 11.1. The van der Waals surface area contributed by atoms with Gasteiger partial charge in [0.05, 0.1) is 10.1 Å². The van der Waals surface area contributed by atoms with Crippen LogP contribution in [-0.2, 0) is 21.1 Å². The van der Waals surface area contributed by atoms with Crippen LogP contribution in [0.1, 0.15) is 30.4 Å². The predicted octanol–water partition coefficient (Wildman–Crippen LogP) is 4.05. The zero-order valence-electron chi connectivity index (χ0n) is 15.4. The molecule has 0 unspecified atom stereocenters. The highest BCUT2D eigenvalue weighted by molar-refractivity contribution is 7.92. The fourth-order valence-electron chi connectivity index (χ4n) is 3.49. The highest BCUT2D eigenvalue weighted by Gasteiger charge is 2.32. The summed E-state index contributed by atoms with van der Waals surface area (Å²) in [5.74, 6) is 0.0816. The minimum atomic E-state index is -3.33. The normalized spacial score (nSPS) is 15.7. The Morgan fingerprint density at radius 2 is 1.78 bits per heavy atom. The van der Waals surface area contributed by atoms with Crippen molar-refractivity contribution >= 4 is 27.3 Å². The molecule has 3 rings (SSSR count). The number of benzene rings is 2. The lowest BCUT2D eigenvalue weighted by atomic mass is 10.1. The lowest BCUT2D eigenvalue weighted by molar-refractivity contribution is -0.132. The van der Waals surface area contributed by atoms with Gasteiger partial charge in [-0.3, -0.25) is 4.79 Å². The molecule has 1 heterocycles. The number of hydrogen-bond donors (Lipinski definition) is 0. The minimum Gasteiger partial charge on any atom is -0.343 e. The van der Waals surface area contributed by atoms with Crippen LogP contribution in [-0.4, -0.2) is 37.6 Å². The van der Waals surface area contributed by atoms with E-state index in [1.807, 2.05) is 31.2 Å². The molecule has 144 valence electrons. The molecule has 1 aliphatic heterocycles. The Kier molecular flexibility index (Phi) is 6.22. The van der Waals surface area contributed by atoms with Crippen LogP contribution in [0.3, 0.4) is 0 Å². The van der Waals surface area contributed by atoms with E-state index in [1.165, 1.54) is 0 Å². The van der Waals surface area contributed by atoms with E-state index in [0.717, 1.165) is 16.1 Å². The molecule has 0 saturated carbocycles. The number of carbonyl (C=O) groups is 1. The van der Waals surface area contributed by atoms with Crippen LogP contribution >= 0.6 is 11.6 Å². The van der Waals surface area contributed by atoms with Gasteiger partial charge in [0.1, 0.15) is 0 Å². The van der Waals surface area contributed by atoms with E-state index in [9.17, 15) is 13.2 Å². The summed E-state index contributed by atoms with van der Waals surface area (Å²) in [4.78, 5) is 14.7. The smallest absolute Gasteiger partial charge is 0.222 e. The summed E-state index contributed by atoms with van der Waals surface area (Å²) in [6.45, 7) is 2.94. The average molecular weight is 406 g/mol. The van der Waals surface area contributed by atoms with E-state index in [-0.39, 0.29) is 5.91 Å². The monoisotopic (exact) mass is 405 g/mol. The number of aryl methyl sites for hydroxylation is 2. The maximum absolute atomic E-state index is 12.7. The molecule has 0 bridgehead atoms. The second-order valence-electron chi connectivity index (χ2n) is 7.02. The van der Waals surface area contributed by atoms with Crippen molar-refractivity contribution in [3.63, 3.8) is 0 Å². The van der Waals surface area contributed by atoms with Crippen LogP contribution in [0.5, 0.6) is 0 Å². The molecule has 0 aliphatic carbocycles. The summed E-state index contributed by atoms with van der Waals surface area (Å²) in [5, 5.41) is 0.314. The molecule has 2 aromatic rings. The first-order chi connectivity index (χ1) is 12.9. The Morgan fingerprint density at radius 1 is 1.11 bits per heavy atom. The Balaban J connectivity index is 1.54. The Morgan fingerprint density at radius 3 is 2.41 bits per heavy atom. The Bertz CT molecular complexity index is 904. The molecule has 2 aromatic carbocycles. The first-order valence-electron chi connectivity index (χ1n) is 9.19. The standard InChI is InChI=1S/C21H24ClNO3S/c1-16-15-17(7-9-20(16)22)8-10-21(24)23-13-11-19(12-14-23)27(25,26)18-5-3-2-4-6-18/h2-7,9,15,19H,8,10-14H2,1H3. The van der Waals surface area contributed by atoms with E-state index in [1.54, 1.807) is 29.2 Å². The molecule has 0 radical (unpaired) electrons. The minimum absolute atomic E-state index is 0.0816. The van der Waals surface area contributed by atoms with E-state index < -0.39 is 15.1 Å². The van der Waals surface area contributed by atoms with Gasteiger partial charge < -0.3 is 4.90 Å². The molecule has 1 aliphatic rings. The van der Waals surface area contributed by atoms with Gasteiger partial charge in [-0.2, -0.15) is 0 Å². The van der Waals surface area contributed by atoms with E-state index in [4.69, 9.17) is 11.6 Å². The molecular formula is C21H24ClNO3S. The molecule has 0 N–H and O–H groups in total. The molecule has 27 heavy (non-hydrogen) atoms. The third kappa shape index (κ3) is 4.71. The molecule has 4 nitrogen and oxygen atoms in total. The average Bonchev–Trinajstić information content (AvgIpc) is 2.69. The SMILES string of the molecule is Cc1cc(CCC(=O)N2CCC(S(=O)(=O)c3ccccc3)CC2)ccc1Cl. The molecule has 0 atom stereocenters. The summed E-state index contributed by atoms with van der Waals surface area (Å²) in [5.41, 5.74) is 2.10. The third-order valence-electron chi connectivity index (χ3n) is 5.16. The number of sulfone groups is 1. The summed E-state index contributed by atoms with van der Waals surface area (Å²) >= 11 is 6.04. The van der Waals surface area contributed by atoms with Gasteiger partial charge >= 0.3 is 0 Å². The van der Waals surface area contributed by atoms with Crippen molar-refractivity contribution in [3.8, 4) is 0 Å². The summed E-state index contributed by atoms with van der Waals surface area (Å²) in [6, 6.07) is 14.4. The summed E-state index contributed by atoms with van der Waals surface area (Å²) in [6.07, 6.45) is 2.07. The van der Waals surface area contributed by atoms with Crippen LogP contribution in [0.25, 0.3) is 0 Å². The molecule has 1 saturated heterocycles.